The van der Waals surface area contributed by atoms with Crippen LogP contribution in [-0.2, 0) is 70.3 Å². The van der Waals surface area contributed by atoms with E-state index in [0.717, 1.165) is 109 Å². The Kier molecular flexibility index (Phi) is 20.3. The maximum atomic E-state index is 13.5. The molecule has 520 valence electrons. The molecular weight excluding hydrogens is 1530 g/mol. The number of hydrogen-bond donors (Lipinski definition) is 10. The number of carbonyl (C=O) groups is 2. The van der Waals surface area contributed by atoms with Crippen LogP contribution in [-0.4, -0.2) is 143 Å². The molecule has 2 aromatic heterocycles. The number of aromatic amines is 4. The molecule has 0 saturated heterocycles. The van der Waals surface area contributed by atoms with Crippen molar-refractivity contribution in [3.8, 4) is 0 Å². The van der Waals surface area contributed by atoms with Crippen LogP contribution in [0.15, 0.2) is 189 Å². The van der Waals surface area contributed by atoms with E-state index in [4.69, 9.17) is 46.4 Å². The van der Waals surface area contributed by atoms with Gasteiger partial charge in [-0.05, 0) is 145 Å². The summed E-state index contributed by atoms with van der Waals surface area (Å²) >= 11 is 24.9. The standard InChI is InChI=1S/C52H38Cl4N18O20S6/c1-23-43(45(75)73(71-23)37-21-31(95(77,78)79)11-13-33(37)53)69-67-35-17-27(9-15-39(35)97(83,84)85)57-49-61-47(55)63-51(65-49)59-29-7-5-25(41(19-29)99(89,90)91)3-4-26-6-8-30(20-42(26)100(92,93)94)60-52-64-48(56)62-50(66-52)58-28-10-16-40(98(86,87)88)36(18-28)68-70-44-24(2)72-74(46(44)76)38-22-32(96(80,81)82)12-14-34(38)54/h3-22,43-44H,1-2H3,(H,77,78,79)(H,80,81,82)(H,83,84,85)(H,86,87,88)(H,89,90,91)(H,92,93,94)(H2,57,59,61,63,65)(H2,58,60,62,64,66). The van der Waals surface area contributed by atoms with Crippen molar-refractivity contribution in [2.75, 3.05) is 10.0 Å². The van der Waals surface area contributed by atoms with Gasteiger partial charge in [-0.15, -0.1) is 0 Å². The lowest BCUT2D eigenvalue weighted by molar-refractivity contribution is -0.118. The lowest BCUT2D eigenvalue weighted by atomic mass is 10.1. The van der Waals surface area contributed by atoms with E-state index in [9.17, 15) is 87.4 Å². The third kappa shape index (κ3) is 17.0. The van der Waals surface area contributed by atoms with E-state index in [1.165, 1.54) is 26.0 Å². The molecular formula is C52H38Cl4N18O20S6. The summed E-state index contributed by atoms with van der Waals surface area (Å²) in [4.78, 5) is 58.0. The van der Waals surface area contributed by atoms with Gasteiger partial charge in [-0.2, -0.15) is 101 Å². The molecule has 0 spiro atoms. The number of amides is 2. The van der Waals surface area contributed by atoms with Crippen LogP contribution >= 0.6 is 46.4 Å². The van der Waals surface area contributed by atoms with Crippen LogP contribution in [0.3, 0.4) is 0 Å². The summed E-state index contributed by atoms with van der Waals surface area (Å²) in [7, 11) is -29.8. The van der Waals surface area contributed by atoms with Crippen LogP contribution < -0.4 is 32.5 Å². The van der Waals surface area contributed by atoms with Crippen LogP contribution in [0.25, 0.3) is 12.2 Å². The molecule has 2 aliphatic rings. The van der Waals surface area contributed by atoms with Gasteiger partial charge in [0.1, 0.15) is 31.0 Å². The van der Waals surface area contributed by atoms with Crippen molar-refractivity contribution in [3.63, 3.8) is 0 Å². The van der Waals surface area contributed by atoms with Gasteiger partial charge in [0, 0.05) is 0 Å². The Morgan fingerprint density at radius 1 is 0.420 bits per heavy atom. The Morgan fingerprint density at radius 2 is 0.760 bits per heavy atom. The lowest BCUT2D eigenvalue weighted by Crippen LogP contribution is -2.30. The smallest absolute Gasteiger partial charge is 0.296 e. The summed E-state index contributed by atoms with van der Waals surface area (Å²) in [5, 5.41) is 24.0. The first kappa shape index (κ1) is 73.1. The number of aromatic nitrogens is 6. The van der Waals surface area contributed by atoms with Gasteiger partial charge in [0.15, 0.2) is 12.1 Å². The molecule has 0 fully saturated rings. The average molecular weight is 1570 g/mol. The van der Waals surface area contributed by atoms with Crippen molar-refractivity contribution < 1.29 is 87.4 Å². The van der Waals surface area contributed by atoms with E-state index >= 15 is 0 Å². The summed E-state index contributed by atoms with van der Waals surface area (Å²) in [6.45, 7) is 2.67. The molecule has 0 aliphatic carbocycles. The molecule has 6 aromatic carbocycles. The highest BCUT2D eigenvalue weighted by Crippen LogP contribution is 2.37. The normalized spacial score (nSPS) is 16.7. The Morgan fingerprint density at radius 3 is 1.10 bits per heavy atom. The quantitative estimate of drug-likeness (QED) is 0.0242. The molecule has 2 aliphatic heterocycles. The van der Waals surface area contributed by atoms with Crippen molar-refractivity contribution in [2.24, 2.45) is 50.6 Å². The molecule has 2 amide bonds. The summed E-state index contributed by atoms with van der Waals surface area (Å²) in [6, 6.07) is 15.2. The van der Waals surface area contributed by atoms with E-state index in [1.54, 1.807) is 0 Å². The summed E-state index contributed by atoms with van der Waals surface area (Å²) in [5.74, 6) is -1.88. The van der Waals surface area contributed by atoms with Crippen molar-refractivity contribution in [2.45, 2.75) is 55.3 Å². The first-order valence-corrected chi connectivity index (χ1v) is 36.9. The second-order valence-corrected chi connectivity index (χ2v) is 30.2. The van der Waals surface area contributed by atoms with E-state index in [2.05, 4.69) is 80.5 Å². The van der Waals surface area contributed by atoms with Crippen molar-refractivity contribution in [3.05, 3.63) is 163 Å². The first-order chi connectivity index (χ1) is 46.6. The molecule has 10 N–H and O–H groups in total. The van der Waals surface area contributed by atoms with Gasteiger partial charge in [-0.25, -0.2) is 20.0 Å². The van der Waals surface area contributed by atoms with Gasteiger partial charge in [0.25, 0.3) is 72.5 Å². The van der Waals surface area contributed by atoms with Gasteiger partial charge in [0.2, 0.25) is 33.0 Å². The van der Waals surface area contributed by atoms with Gasteiger partial charge >= 0.3 is 0 Å². The maximum Gasteiger partial charge on any atom is 0.296 e. The molecule has 38 nitrogen and oxygen atoms in total. The summed E-state index contributed by atoms with van der Waals surface area (Å²) < 4.78 is 208. The van der Waals surface area contributed by atoms with E-state index in [1.807, 2.05) is 0 Å². The number of azo groups is 2. The number of hydrogen-bond acceptors (Lipinski definition) is 26. The lowest BCUT2D eigenvalue weighted by Gasteiger charge is -2.15. The number of anilines is 2. The van der Waals surface area contributed by atoms with Gasteiger partial charge in [-0.1, -0.05) is 47.5 Å². The third-order valence-electron chi connectivity index (χ3n) is 13.3. The molecule has 0 bridgehead atoms. The number of carbonyl (C=O) groups excluding carboxylic acids is 2. The fourth-order valence-electron chi connectivity index (χ4n) is 8.91. The predicted molar refractivity (Wildman–Crippen MR) is 351 cm³/mol. The topological polar surface area (TPSA) is 579 Å². The highest BCUT2D eigenvalue weighted by atomic mass is 35.5. The van der Waals surface area contributed by atoms with Crippen LogP contribution in [0.4, 0.5) is 45.5 Å². The predicted octanol–water partition coefficient (Wildman–Crippen LogP) is 6.73. The molecule has 100 heavy (non-hydrogen) atoms. The number of hydrazone groups is 2. The highest BCUT2D eigenvalue weighted by molar-refractivity contribution is 7.87. The average Bonchev–Trinajstić information content (AvgIpc) is 1.56. The fraction of sp³-hybridized carbons (Fsp3) is 0.0769. The van der Waals surface area contributed by atoms with E-state index in [-0.39, 0.29) is 99.8 Å². The van der Waals surface area contributed by atoms with E-state index < -0.39 is 125 Å². The second kappa shape index (κ2) is 27.8. The van der Waals surface area contributed by atoms with Gasteiger partial charge in [-0.3, -0.25) is 46.9 Å². The minimum atomic E-state index is -5.13. The number of benzene rings is 6. The first-order valence-electron chi connectivity index (χ1n) is 26.8. The van der Waals surface area contributed by atoms with Crippen molar-refractivity contribution >= 4 is 188 Å². The zero-order valence-electron chi connectivity index (χ0n) is 49.3. The molecule has 48 heteroatoms. The fourth-order valence-corrected chi connectivity index (χ4v) is 13.3. The Balaban J connectivity index is 0.903. The van der Waals surface area contributed by atoms with Gasteiger partial charge in [0.05, 0.1) is 65.4 Å². The number of halogens is 4. The van der Waals surface area contributed by atoms with Crippen LogP contribution in [0.2, 0.25) is 20.6 Å². The third-order valence-corrected chi connectivity index (χ3v) is 19.7. The number of rotatable bonds is 18. The molecule has 8 aromatic rings. The Bertz CT molecular complexity index is 5700. The minimum absolute atomic E-state index is 0.0335. The van der Waals surface area contributed by atoms with E-state index in [0.29, 0.717) is 10.0 Å². The number of nitrogens with zero attached hydrogens (tertiary/aromatic N) is 14. The van der Waals surface area contributed by atoms with Crippen molar-refractivity contribution in [1.29, 1.82) is 0 Å². The molecule has 4 heterocycles. The number of H-pyrrole nitrogens is 4. The molecule has 2 atom stereocenters. The SMILES string of the molecule is CC1=NN(c2cc(S(=O)(=O)O)ccc2Cl)C(=O)C1N=Nc1cc(N=c2nc(Cl)[nH]c(=Nc3ccc(C=Cc4ccc(N=c5[nH]c(Cl)nc(=Nc6ccc(S(=O)(=O)O)c(N=NC7C(=O)N(c8cc(S(=O)(=O)O)ccc8Cl)N=C7C)c6)[nH]5)cc4S(=O)(=O)O)c(S(=O)(=O)O)c3)[nH]2)ccc1S(=O)(=O)O. The van der Waals surface area contributed by atoms with Crippen molar-refractivity contribution in [1.82, 2.24) is 29.9 Å². The highest BCUT2D eigenvalue weighted by Gasteiger charge is 2.38. The second-order valence-electron chi connectivity index (χ2n) is 20.3. The Labute approximate surface area is 580 Å². The minimum Gasteiger partial charge on any atom is -0.300 e. The van der Waals surface area contributed by atoms with Gasteiger partial charge < -0.3 is 9.97 Å². The zero-order chi connectivity index (χ0) is 72.9. The monoisotopic (exact) mass is 1570 g/mol. The van der Waals surface area contributed by atoms with Crippen LogP contribution in [0.1, 0.15) is 25.0 Å². The molecule has 0 saturated carbocycles. The summed E-state index contributed by atoms with van der Waals surface area (Å²) in [6.07, 6.45) is 2.12. The largest absolute Gasteiger partial charge is 0.300 e. The maximum absolute atomic E-state index is 13.5. The Hall–Kier alpha value is -9.62. The molecule has 0 radical (unpaired) electrons. The number of nitrogens with one attached hydrogen (secondary N) is 4. The van der Waals surface area contributed by atoms with Crippen LogP contribution in [0, 0.1) is 0 Å². The zero-order valence-corrected chi connectivity index (χ0v) is 57.2. The van der Waals surface area contributed by atoms with Crippen LogP contribution in [0.5, 0.6) is 0 Å². The molecule has 2 unspecified atom stereocenters. The molecule has 10 rings (SSSR count). The summed E-state index contributed by atoms with van der Waals surface area (Å²) in [5.41, 5.74) is -4.18.